The summed E-state index contributed by atoms with van der Waals surface area (Å²) in [6, 6.07) is 61.1. The van der Waals surface area contributed by atoms with E-state index in [0.29, 0.717) is 29.4 Å². The second-order valence-electron chi connectivity index (χ2n) is 12.2. The Morgan fingerprint density at radius 1 is 0.538 bits per heavy atom. The Labute approximate surface area is 301 Å². The monoisotopic (exact) mass is 695 g/mol. The molecule has 0 unspecified atom stereocenters. The summed E-state index contributed by atoms with van der Waals surface area (Å²) >= 11 is 0. The van der Waals surface area contributed by atoms with Crippen LogP contribution in [0.3, 0.4) is 0 Å². The molecule has 0 fully saturated rings. The third-order valence-corrected chi connectivity index (χ3v) is 12.6. The van der Waals surface area contributed by atoms with Crippen LogP contribution in [-0.2, 0) is 6.54 Å². The van der Waals surface area contributed by atoms with E-state index < -0.39 is 18.3 Å². The van der Waals surface area contributed by atoms with Gasteiger partial charge in [-0.05, 0) is 29.8 Å². The quantitative estimate of drug-likeness (QED) is 0.156. The SMILES string of the molecule is O=c1c2c(NCc3ccccc3)cc(N=P(c3ccccc3)(c3ccccc3)c3ccccc3)nc2n(-c2ccccc2)c(=O)n1-c1ccccc1. The van der Waals surface area contributed by atoms with Crippen molar-refractivity contribution in [2.75, 3.05) is 5.32 Å². The van der Waals surface area contributed by atoms with E-state index in [9.17, 15) is 9.59 Å². The van der Waals surface area contributed by atoms with E-state index in [0.717, 1.165) is 21.5 Å². The van der Waals surface area contributed by atoms with Crippen LogP contribution in [0.25, 0.3) is 22.4 Å². The molecule has 2 aromatic heterocycles. The number of fused-ring (bicyclic) bond motifs is 1. The molecular weight excluding hydrogens is 661 g/mol. The first-order valence-corrected chi connectivity index (χ1v) is 18.8. The Morgan fingerprint density at radius 3 is 1.44 bits per heavy atom. The fourth-order valence-electron chi connectivity index (χ4n) is 6.58. The van der Waals surface area contributed by atoms with Crippen molar-refractivity contribution in [2.24, 2.45) is 4.74 Å². The molecule has 8 heteroatoms. The number of benzene rings is 6. The number of hydrogen-bond acceptors (Lipinski definition) is 5. The molecule has 0 atom stereocenters. The van der Waals surface area contributed by atoms with Gasteiger partial charge in [-0.2, -0.15) is 0 Å². The average Bonchev–Trinajstić information content (AvgIpc) is 3.21. The zero-order valence-corrected chi connectivity index (χ0v) is 29.1. The van der Waals surface area contributed by atoms with E-state index in [-0.39, 0.29) is 11.0 Å². The standard InChI is InChI=1S/C44H34N5O2P/c50-43-41-39(45-32-33-19-7-1-8-20-33)31-40(46-42(41)48(34-21-9-2-10-22-34)44(51)49(43)35-23-11-3-12-24-35)47-52(36-25-13-4-14-26-36,37-27-15-5-16-28-37)38-29-17-6-18-30-38/h1-31H,32H2,(H,45,46). The maximum absolute atomic E-state index is 14.7. The summed E-state index contributed by atoms with van der Waals surface area (Å²) in [6.45, 7) is 0.435. The van der Waals surface area contributed by atoms with Crippen molar-refractivity contribution < 1.29 is 0 Å². The zero-order chi connectivity index (χ0) is 35.3. The van der Waals surface area contributed by atoms with E-state index in [1.165, 1.54) is 9.13 Å². The fourth-order valence-corrected chi connectivity index (χ4v) is 10.0. The van der Waals surface area contributed by atoms with Crippen LogP contribution in [0.2, 0.25) is 0 Å². The summed E-state index contributed by atoms with van der Waals surface area (Å²) < 4.78 is 8.41. The molecule has 7 nitrogen and oxygen atoms in total. The molecule has 0 saturated carbocycles. The predicted molar refractivity (Wildman–Crippen MR) is 214 cm³/mol. The van der Waals surface area contributed by atoms with E-state index in [2.05, 4.69) is 41.7 Å². The number of nitrogens with one attached hydrogen (secondary N) is 1. The van der Waals surface area contributed by atoms with Gasteiger partial charge < -0.3 is 5.32 Å². The minimum absolute atomic E-state index is 0.220. The Balaban J connectivity index is 1.52. The largest absolute Gasteiger partial charge is 0.380 e. The van der Waals surface area contributed by atoms with Gasteiger partial charge in [0.1, 0.15) is 5.39 Å². The van der Waals surface area contributed by atoms with E-state index in [1.807, 2.05) is 140 Å². The fraction of sp³-hybridized carbons (Fsp3) is 0.0227. The van der Waals surface area contributed by atoms with Crippen molar-refractivity contribution >= 4 is 45.5 Å². The van der Waals surface area contributed by atoms with Crippen LogP contribution in [-0.4, -0.2) is 14.1 Å². The van der Waals surface area contributed by atoms with Gasteiger partial charge in [-0.25, -0.2) is 23.7 Å². The summed E-state index contributed by atoms with van der Waals surface area (Å²) in [5.41, 5.74) is 1.83. The smallest absolute Gasteiger partial charge is 0.341 e. The molecule has 0 bridgehead atoms. The van der Waals surface area contributed by atoms with Crippen LogP contribution in [0.5, 0.6) is 0 Å². The molecule has 52 heavy (non-hydrogen) atoms. The minimum Gasteiger partial charge on any atom is -0.380 e. The van der Waals surface area contributed by atoms with Gasteiger partial charge in [0.15, 0.2) is 11.5 Å². The Bertz CT molecular complexity index is 2550. The lowest BCUT2D eigenvalue weighted by Gasteiger charge is -2.27. The normalized spacial score (nSPS) is 11.3. The first-order chi connectivity index (χ1) is 25.6. The topological polar surface area (TPSA) is 81.3 Å². The van der Waals surface area contributed by atoms with E-state index in [4.69, 9.17) is 9.73 Å². The summed E-state index contributed by atoms with van der Waals surface area (Å²) in [6.07, 6.45) is 0. The van der Waals surface area contributed by atoms with Crippen molar-refractivity contribution in [3.63, 3.8) is 0 Å². The molecule has 8 aromatic rings. The van der Waals surface area contributed by atoms with E-state index in [1.54, 1.807) is 12.1 Å². The molecule has 8 rings (SSSR count). The summed E-state index contributed by atoms with van der Waals surface area (Å²) in [5, 5.41) is 6.98. The number of hydrogen-bond donors (Lipinski definition) is 1. The van der Waals surface area contributed by atoms with Gasteiger partial charge in [0.2, 0.25) is 0 Å². The first-order valence-electron chi connectivity index (χ1n) is 17.0. The number of anilines is 1. The maximum Gasteiger partial charge on any atom is 0.341 e. The highest BCUT2D eigenvalue weighted by atomic mass is 31.2. The molecule has 2 heterocycles. The molecule has 252 valence electrons. The number of para-hydroxylation sites is 2. The van der Waals surface area contributed by atoms with Crippen molar-refractivity contribution in [3.8, 4) is 11.4 Å². The zero-order valence-electron chi connectivity index (χ0n) is 28.2. The Hall–Kier alpha value is -6.56. The van der Waals surface area contributed by atoms with Gasteiger partial charge in [-0.1, -0.05) is 158 Å². The molecule has 0 saturated heterocycles. The van der Waals surface area contributed by atoms with Crippen LogP contribution in [0.1, 0.15) is 5.56 Å². The second kappa shape index (κ2) is 14.4. The van der Waals surface area contributed by atoms with Crippen molar-refractivity contribution in [1.82, 2.24) is 14.1 Å². The van der Waals surface area contributed by atoms with Gasteiger partial charge in [0, 0.05) is 28.5 Å². The molecule has 0 aliphatic carbocycles. The second-order valence-corrected chi connectivity index (χ2v) is 15.3. The Kier molecular flexibility index (Phi) is 9.01. The van der Waals surface area contributed by atoms with Gasteiger partial charge in [-0.15, -0.1) is 0 Å². The van der Waals surface area contributed by atoms with Gasteiger partial charge in [0.05, 0.1) is 24.1 Å². The first kappa shape index (κ1) is 32.6. The van der Waals surface area contributed by atoms with Gasteiger partial charge >= 0.3 is 5.69 Å². The van der Waals surface area contributed by atoms with Crippen LogP contribution < -0.4 is 32.5 Å². The van der Waals surface area contributed by atoms with E-state index >= 15 is 0 Å². The summed E-state index contributed by atoms with van der Waals surface area (Å²) in [5.74, 6) is 0.397. The number of aromatic nitrogens is 3. The highest BCUT2D eigenvalue weighted by Crippen LogP contribution is 2.49. The van der Waals surface area contributed by atoms with Gasteiger partial charge in [-0.3, -0.25) is 4.79 Å². The van der Waals surface area contributed by atoms with Crippen LogP contribution in [0.15, 0.2) is 202 Å². The molecule has 0 aliphatic rings. The number of rotatable bonds is 9. The predicted octanol–water partition coefficient (Wildman–Crippen LogP) is 7.96. The molecule has 0 spiro atoms. The molecule has 6 aromatic carbocycles. The summed E-state index contributed by atoms with van der Waals surface area (Å²) in [7, 11) is -2.75. The summed E-state index contributed by atoms with van der Waals surface area (Å²) in [4.78, 5) is 34.4. The molecular formula is C44H34N5O2P. The van der Waals surface area contributed by atoms with Crippen molar-refractivity contribution in [3.05, 3.63) is 214 Å². The van der Waals surface area contributed by atoms with Crippen molar-refractivity contribution in [2.45, 2.75) is 6.54 Å². The molecule has 0 aliphatic heterocycles. The number of nitrogens with zero attached hydrogens (tertiary/aromatic N) is 4. The van der Waals surface area contributed by atoms with Gasteiger partial charge in [0.25, 0.3) is 5.56 Å². The minimum atomic E-state index is -2.75. The van der Waals surface area contributed by atoms with Crippen LogP contribution >= 0.6 is 7.05 Å². The van der Waals surface area contributed by atoms with Crippen LogP contribution in [0, 0.1) is 0 Å². The van der Waals surface area contributed by atoms with Crippen LogP contribution in [0.4, 0.5) is 11.5 Å². The molecule has 0 radical (unpaired) electrons. The average molecular weight is 696 g/mol. The maximum atomic E-state index is 14.7. The van der Waals surface area contributed by atoms with Crippen molar-refractivity contribution in [1.29, 1.82) is 0 Å². The lowest BCUT2D eigenvalue weighted by atomic mass is 10.2. The molecule has 0 amide bonds. The molecule has 1 N–H and O–H groups in total. The Morgan fingerprint density at radius 2 is 0.962 bits per heavy atom. The highest BCUT2D eigenvalue weighted by molar-refractivity contribution is 7.87. The lowest BCUT2D eigenvalue weighted by molar-refractivity contribution is 0.826. The third kappa shape index (κ3) is 6.08. The third-order valence-electron chi connectivity index (χ3n) is 8.99. The number of pyridine rings is 1. The highest BCUT2D eigenvalue weighted by Gasteiger charge is 2.29. The lowest BCUT2D eigenvalue weighted by Crippen LogP contribution is -2.39.